The molecule has 0 aliphatic heterocycles. The Hall–Kier alpha value is -1.04. The molecule has 0 aromatic heterocycles. The van der Waals surface area contributed by atoms with E-state index in [2.05, 4.69) is 58.0 Å². The van der Waals surface area contributed by atoms with Crippen LogP contribution in [-0.2, 0) is 5.41 Å². The van der Waals surface area contributed by atoms with Crippen LogP contribution in [0.15, 0.2) is 35.9 Å². The molecule has 1 aromatic rings. The van der Waals surface area contributed by atoms with Gasteiger partial charge in [-0.15, -0.1) is 0 Å². The lowest BCUT2D eigenvalue weighted by Crippen LogP contribution is -2.26. The smallest absolute Gasteiger partial charge is 0.00219 e. The van der Waals surface area contributed by atoms with Gasteiger partial charge in [0.1, 0.15) is 0 Å². The van der Waals surface area contributed by atoms with Crippen LogP contribution in [0.1, 0.15) is 38.3 Å². The SMILES string of the molecule is CC1=CCC(C)(c2ccc(C)cc2)C1C. The van der Waals surface area contributed by atoms with E-state index in [0.29, 0.717) is 11.3 Å². The maximum absolute atomic E-state index is 2.39. The summed E-state index contributed by atoms with van der Waals surface area (Å²) in [4.78, 5) is 0. The van der Waals surface area contributed by atoms with E-state index in [1.807, 2.05) is 0 Å². The molecule has 0 heterocycles. The lowest BCUT2D eigenvalue weighted by Gasteiger charge is -2.31. The highest BCUT2D eigenvalue weighted by Gasteiger charge is 2.36. The third kappa shape index (κ3) is 1.62. The van der Waals surface area contributed by atoms with Gasteiger partial charge in [0.2, 0.25) is 0 Å². The summed E-state index contributed by atoms with van der Waals surface area (Å²) in [5.41, 5.74) is 4.68. The van der Waals surface area contributed by atoms with Crippen LogP contribution in [0.2, 0.25) is 0 Å². The summed E-state index contributed by atoms with van der Waals surface area (Å²) in [5.74, 6) is 0.667. The Balaban J connectivity index is 2.35. The van der Waals surface area contributed by atoms with Gasteiger partial charge in [-0.25, -0.2) is 0 Å². The lowest BCUT2D eigenvalue weighted by molar-refractivity contribution is 0.389. The van der Waals surface area contributed by atoms with Crippen LogP contribution in [0.25, 0.3) is 0 Å². The second-order valence-electron chi connectivity index (χ2n) is 5.16. The molecule has 0 spiro atoms. The molecule has 0 saturated carbocycles. The Morgan fingerprint density at radius 1 is 1.13 bits per heavy atom. The fourth-order valence-corrected chi connectivity index (χ4v) is 2.53. The number of hydrogen-bond acceptors (Lipinski definition) is 0. The Kier molecular flexibility index (Phi) is 2.46. The maximum Gasteiger partial charge on any atom is 0.00219 e. The van der Waals surface area contributed by atoms with E-state index in [1.165, 1.54) is 23.1 Å². The molecule has 0 radical (unpaired) electrons. The number of hydrogen-bond donors (Lipinski definition) is 0. The molecule has 0 heteroatoms. The van der Waals surface area contributed by atoms with Crippen molar-refractivity contribution in [1.82, 2.24) is 0 Å². The molecule has 1 aliphatic carbocycles. The quantitative estimate of drug-likeness (QED) is 0.595. The third-order valence-corrected chi connectivity index (χ3v) is 4.20. The van der Waals surface area contributed by atoms with Gasteiger partial charge in [0.15, 0.2) is 0 Å². The van der Waals surface area contributed by atoms with Crippen molar-refractivity contribution in [1.29, 1.82) is 0 Å². The van der Waals surface area contributed by atoms with E-state index in [0.717, 1.165) is 0 Å². The largest absolute Gasteiger partial charge is 0.0844 e. The van der Waals surface area contributed by atoms with E-state index in [-0.39, 0.29) is 0 Å². The van der Waals surface area contributed by atoms with Gasteiger partial charge in [-0.2, -0.15) is 0 Å². The van der Waals surface area contributed by atoms with Gasteiger partial charge < -0.3 is 0 Å². The molecule has 1 aromatic carbocycles. The van der Waals surface area contributed by atoms with Crippen molar-refractivity contribution in [3.63, 3.8) is 0 Å². The van der Waals surface area contributed by atoms with Crippen molar-refractivity contribution in [2.45, 2.75) is 39.5 Å². The van der Waals surface area contributed by atoms with Crippen molar-refractivity contribution in [3.8, 4) is 0 Å². The molecule has 1 aliphatic rings. The lowest BCUT2D eigenvalue weighted by atomic mass is 9.72. The monoisotopic (exact) mass is 200 g/mol. The highest BCUT2D eigenvalue weighted by Crippen LogP contribution is 2.44. The minimum absolute atomic E-state index is 0.317. The average Bonchev–Trinajstić information content (AvgIpc) is 2.48. The summed E-state index contributed by atoms with van der Waals surface area (Å²) >= 11 is 0. The van der Waals surface area contributed by atoms with Crippen molar-refractivity contribution in [2.24, 2.45) is 5.92 Å². The highest BCUT2D eigenvalue weighted by atomic mass is 14.4. The Bertz CT molecular complexity index is 383. The first-order valence-corrected chi connectivity index (χ1v) is 5.78. The number of rotatable bonds is 1. The molecule has 2 atom stereocenters. The van der Waals surface area contributed by atoms with Crippen LogP contribution < -0.4 is 0 Å². The van der Waals surface area contributed by atoms with Gasteiger partial charge >= 0.3 is 0 Å². The van der Waals surface area contributed by atoms with E-state index in [1.54, 1.807) is 0 Å². The van der Waals surface area contributed by atoms with Gasteiger partial charge in [0, 0.05) is 5.41 Å². The molecule has 80 valence electrons. The molecular weight excluding hydrogens is 180 g/mol. The molecule has 0 bridgehead atoms. The molecule has 0 saturated heterocycles. The summed E-state index contributed by atoms with van der Waals surface area (Å²) < 4.78 is 0. The van der Waals surface area contributed by atoms with Crippen LogP contribution in [-0.4, -0.2) is 0 Å². The summed E-state index contributed by atoms with van der Waals surface area (Å²) in [6.07, 6.45) is 3.58. The number of benzene rings is 1. The number of allylic oxidation sites excluding steroid dienone is 2. The first kappa shape index (κ1) is 10.5. The predicted octanol–water partition coefficient (Wildman–Crippen LogP) is 4.24. The summed E-state index contributed by atoms with van der Waals surface area (Å²) in [5, 5.41) is 0. The van der Waals surface area contributed by atoms with Gasteiger partial charge in [0.05, 0.1) is 0 Å². The first-order chi connectivity index (χ1) is 7.04. The fraction of sp³-hybridized carbons (Fsp3) is 0.467. The number of aryl methyl sites for hydroxylation is 1. The molecule has 0 N–H and O–H groups in total. The summed E-state index contributed by atoms with van der Waals surface area (Å²) in [6.45, 7) is 9.13. The van der Waals surface area contributed by atoms with Crippen molar-refractivity contribution >= 4 is 0 Å². The highest BCUT2D eigenvalue weighted by molar-refractivity contribution is 5.35. The van der Waals surface area contributed by atoms with Gasteiger partial charge in [-0.05, 0) is 31.7 Å². The average molecular weight is 200 g/mol. The second-order valence-corrected chi connectivity index (χ2v) is 5.16. The predicted molar refractivity (Wildman–Crippen MR) is 66.1 cm³/mol. The van der Waals surface area contributed by atoms with E-state index >= 15 is 0 Å². The maximum atomic E-state index is 2.39. The van der Waals surface area contributed by atoms with Crippen molar-refractivity contribution in [3.05, 3.63) is 47.0 Å². The Labute approximate surface area is 93.0 Å². The van der Waals surface area contributed by atoms with Gasteiger partial charge in [0.25, 0.3) is 0 Å². The molecule has 2 rings (SSSR count). The summed E-state index contributed by atoms with van der Waals surface area (Å²) in [6, 6.07) is 9.03. The van der Waals surface area contributed by atoms with Gasteiger partial charge in [-0.3, -0.25) is 0 Å². The zero-order valence-corrected chi connectivity index (χ0v) is 10.2. The fourth-order valence-electron chi connectivity index (χ4n) is 2.53. The van der Waals surface area contributed by atoms with Crippen molar-refractivity contribution < 1.29 is 0 Å². The van der Waals surface area contributed by atoms with Crippen molar-refractivity contribution in [2.75, 3.05) is 0 Å². The zero-order chi connectivity index (χ0) is 11.1. The third-order valence-electron chi connectivity index (χ3n) is 4.20. The Morgan fingerprint density at radius 2 is 1.73 bits per heavy atom. The van der Waals surface area contributed by atoms with Crippen LogP contribution >= 0.6 is 0 Å². The van der Waals surface area contributed by atoms with E-state index < -0.39 is 0 Å². The molecule has 0 nitrogen and oxygen atoms in total. The molecule has 2 unspecified atom stereocenters. The van der Waals surface area contributed by atoms with E-state index in [4.69, 9.17) is 0 Å². The standard InChI is InChI=1S/C15H20/c1-11-5-7-14(8-6-11)15(4)10-9-12(2)13(15)3/h5-9,13H,10H2,1-4H3. The van der Waals surface area contributed by atoms with Crippen LogP contribution in [0.4, 0.5) is 0 Å². The van der Waals surface area contributed by atoms with Crippen LogP contribution in [0.3, 0.4) is 0 Å². The van der Waals surface area contributed by atoms with Gasteiger partial charge in [-0.1, -0.05) is 55.3 Å². The topological polar surface area (TPSA) is 0 Å². The summed E-state index contributed by atoms with van der Waals surface area (Å²) in [7, 11) is 0. The van der Waals surface area contributed by atoms with Crippen LogP contribution in [0.5, 0.6) is 0 Å². The van der Waals surface area contributed by atoms with Crippen LogP contribution in [0, 0.1) is 12.8 Å². The molecule has 0 fully saturated rings. The minimum atomic E-state index is 0.317. The molecule has 0 amide bonds. The normalized spacial score (nSPS) is 30.4. The molecular formula is C15H20. The Morgan fingerprint density at radius 3 is 2.20 bits per heavy atom. The first-order valence-electron chi connectivity index (χ1n) is 5.78. The molecule has 15 heavy (non-hydrogen) atoms. The van der Waals surface area contributed by atoms with E-state index in [9.17, 15) is 0 Å². The minimum Gasteiger partial charge on any atom is -0.0844 e. The zero-order valence-electron chi connectivity index (χ0n) is 10.2. The second kappa shape index (κ2) is 3.52.